The molecule has 0 atom stereocenters. The number of nitriles is 2. The third-order valence-corrected chi connectivity index (χ3v) is 5.78. The summed E-state index contributed by atoms with van der Waals surface area (Å²) in [7, 11) is 0. The summed E-state index contributed by atoms with van der Waals surface area (Å²) < 4.78 is 13.3. The molecule has 1 fully saturated rings. The van der Waals surface area contributed by atoms with Crippen molar-refractivity contribution >= 4 is 10.9 Å². The molecule has 0 saturated heterocycles. The number of benzene rings is 1. The Kier molecular flexibility index (Phi) is 4.41. The molecule has 5 rings (SSSR count). The van der Waals surface area contributed by atoms with Crippen molar-refractivity contribution in [2.24, 2.45) is 5.92 Å². The zero-order valence-electron chi connectivity index (χ0n) is 16.4. The topological polar surface area (TPSA) is 104 Å². The van der Waals surface area contributed by atoms with Gasteiger partial charge in [-0.25, -0.2) is 4.39 Å². The maximum Gasteiger partial charge on any atom is 0.141 e. The summed E-state index contributed by atoms with van der Waals surface area (Å²) in [5.74, 6) is -0.481. The summed E-state index contributed by atoms with van der Waals surface area (Å²) in [5, 5.41) is 28.5. The van der Waals surface area contributed by atoms with Crippen LogP contribution in [0.15, 0.2) is 55.0 Å². The molecular formula is C23H16FN7. The molecule has 1 saturated carbocycles. The normalized spacial score (nSPS) is 20.0. The highest BCUT2D eigenvalue weighted by Crippen LogP contribution is 2.45. The van der Waals surface area contributed by atoms with Gasteiger partial charge in [0.05, 0.1) is 53.6 Å². The van der Waals surface area contributed by atoms with E-state index in [1.807, 2.05) is 24.3 Å². The molecule has 31 heavy (non-hydrogen) atoms. The van der Waals surface area contributed by atoms with Crippen LogP contribution in [0.1, 0.15) is 19.3 Å². The number of aromatic nitrogens is 5. The summed E-state index contributed by atoms with van der Waals surface area (Å²) in [6.07, 6.45) is 5.94. The summed E-state index contributed by atoms with van der Waals surface area (Å²) in [6, 6.07) is 15.1. The van der Waals surface area contributed by atoms with Crippen LogP contribution in [0, 0.1) is 34.4 Å². The van der Waals surface area contributed by atoms with E-state index in [9.17, 15) is 14.9 Å². The Hall–Kier alpha value is -4.17. The van der Waals surface area contributed by atoms with Gasteiger partial charge in [0.1, 0.15) is 11.5 Å². The summed E-state index contributed by atoms with van der Waals surface area (Å²) in [4.78, 5) is 10.2. The van der Waals surface area contributed by atoms with Gasteiger partial charge in [0.25, 0.3) is 0 Å². The van der Waals surface area contributed by atoms with Crippen LogP contribution in [0.25, 0.3) is 33.4 Å². The van der Waals surface area contributed by atoms with Crippen molar-refractivity contribution in [1.82, 2.24) is 25.0 Å². The Bertz CT molecular complexity index is 1360. The van der Waals surface area contributed by atoms with Crippen molar-refractivity contribution in [3.8, 4) is 34.7 Å². The van der Waals surface area contributed by atoms with Crippen molar-refractivity contribution in [1.29, 1.82) is 10.5 Å². The fraction of sp³-hybridized carbons (Fsp3) is 0.217. The monoisotopic (exact) mass is 409 g/mol. The summed E-state index contributed by atoms with van der Waals surface area (Å²) in [6.45, 7) is 0. The van der Waals surface area contributed by atoms with Crippen LogP contribution in [0.5, 0.6) is 0 Å². The fourth-order valence-corrected chi connectivity index (χ4v) is 4.18. The van der Waals surface area contributed by atoms with Crippen LogP contribution in [-0.2, 0) is 5.54 Å². The van der Waals surface area contributed by atoms with Gasteiger partial charge in [-0.15, -0.1) is 0 Å². The Morgan fingerprint density at radius 3 is 2.71 bits per heavy atom. The predicted octanol–water partition coefficient (Wildman–Crippen LogP) is 4.24. The maximum absolute atomic E-state index is 13.3. The molecule has 3 aromatic heterocycles. The maximum atomic E-state index is 13.3. The highest BCUT2D eigenvalue weighted by Gasteiger charge is 2.48. The number of hydrogen-bond donors (Lipinski definition) is 0. The van der Waals surface area contributed by atoms with Crippen LogP contribution >= 0.6 is 0 Å². The van der Waals surface area contributed by atoms with Gasteiger partial charge in [-0.05, 0) is 43.2 Å². The lowest BCUT2D eigenvalue weighted by molar-refractivity contribution is 0.0713. The molecule has 0 bridgehead atoms. The smallest absolute Gasteiger partial charge is 0.141 e. The number of pyridine rings is 2. The van der Waals surface area contributed by atoms with Crippen LogP contribution in [-0.4, -0.2) is 25.0 Å². The zero-order valence-corrected chi connectivity index (χ0v) is 16.4. The van der Waals surface area contributed by atoms with E-state index >= 15 is 0 Å². The Morgan fingerprint density at radius 1 is 1.10 bits per heavy atom. The van der Waals surface area contributed by atoms with Crippen molar-refractivity contribution in [3.05, 3.63) is 60.8 Å². The molecule has 4 aromatic rings. The van der Waals surface area contributed by atoms with Crippen molar-refractivity contribution in [3.63, 3.8) is 0 Å². The van der Waals surface area contributed by atoms with Crippen molar-refractivity contribution in [2.45, 2.75) is 24.8 Å². The third kappa shape index (κ3) is 3.19. The lowest BCUT2D eigenvalue weighted by Gasteiger charge is -2.42. The molecule has 0 N–H and O–H groups in total. The highest BCUT2D eigenvalue weighted by atomic mass is 19.1. The SMILES string of the molecule is N#CC[C@]1(n2ncc(-c3cc(-c4ccc(F)cn4)cc4ncccc34)n2)C[C@H](C#N)C1. The first kappa shape index (κ1) is 18.8. The Balaban J connectivity index is 1.62. The lowest BCUT2D eigenvalue weighted by atomic mass is 9.68. The minimum atomic E-state index is -0.544. The molecule has 3 heterocycles. The summed E-state index contributed by atoms with van der Waals surface area (Å²) >= 11 is 0. The molecule has 150 valence electrons. The average molecular weight is 409 g/mol. The summed E-state index contributed by atoms with van der Waals surface area (Å²) in [5.41, 5.74) is 3.09. The van der Waals surface area contributed by atoms with E-state index < -0.39 is 11.4 Å². The minimum Gasteiger partial charge on any atom is -0.256 e. The van der Waals surface area contributed by atoms with Crippen LogP contribution < -0.4 is 0 Å². The second-order valence-corrected chi connectivity index (χ2v) is 7.77. The number of fused-ring (bicyclic) bond motifs is 1. The van der Waals surface area contributed by atoms with Gasteiger partial charge in [-0.1, -0.05) is 6.07 Å². The minimum absolute atomic E-state index is 0.0827. The molecule has 0 spiro atoms. The van der Waals surface area contributed by atoms with Crippen molar-refractivity contribution < 1.29 is 4.39 Å². The molecule has 7 nitrogen and oxygen atoms in total. The molecule has 1 aliphatic rings. The first-order valence-corrected chi connectivity index (χ1v) is 9.82. The van der Waals surface area contributed by atoms with E-state index in [0.29, 0.717) is 24.2 Å². The van der Waals surface area contributed by atoms with E-state index in [0.717, 1.165) is 22.0 Å². The highest BCUT2D eigenvalue weighted by molar-refractivity contribution is 5.96. The van der Waals surface area contributed by atoms with Gasteiger partial charge >= 0.3 is 0 Å². The third-order valence-electron chi connectivity index (χ3n) is 5.78. The second-order valence-electron chi connectivity index (χ2n) is 7.77. The van der Waals surface area contributed by atoms with E-state index in [2.05, 4.69) is 27.2 Å². The van der Waals surface area contributed by atoms with Gasteiger partial charge in [0, 0.05) is 22.7 Å². The van der Waals surface area contributed by atoms with E-state index in [1.165, 1.54) is 12.3 Å². The largest absolute Gasteiger partial charge is 0.256 e. The first-order chi connectivity index (χ1) is 15.1. The van der Waals surface area contributed by atoms with Gasteiger partial charge in [-0.2, -0.15) is 25.5 Å². The average Bonchev–Trinajstić information content (AvgIpc) is 3.26. The zero-order chi connectivity index (χ0) is 21.4. The number of nitrogens with zero attached hydrogens (tertiary/aromatic N) is 7. The van der Waals surface area contributed by atoms with Gasteiger partial charge in [0.2, 0.25) is 0 Å². The quantitative estimate of drug-likeness (QED) is 0.499. The van der Waals surface area contributed by atoms with Gasteiger partial charge < -0.3 is 0 Å². The molecule has 0 unspecified atom stereocenters. The molecule has 1 aliphatic carbocycles. The molecule has 1 aromatic carbocycles. The molecule has 0 radical (unpaired) electrons. The molecular weight excluding hydrogens is 393 g/mol. The number of rotatable bonds is 4. The fourth-order valence-electron chi connectivity index (χ4n) is 4.18. The van der Waals surface area contributed by atoms with Crippen LogP contribution in [0.4, 0.5) is 4.39 Å². The van der Waals surface area contributed by atoms with Crippen molar-refractivity contribution in [2.75, 3.05) is 0 Å². The van der Waals surface area contributed by atoms with E-state index in [1.54, 1.807) is 23.3 Å². The molecule has 8 heteroatoms. The Morgan fingerprint density at radius 2 is 1.97 bits per heavy atom. The number of halogens is 1. The van der Waals surface area contributed by atoms with E-state index in [4.69, 9.17) is 5.10 Å². The van der Waals surface area contributed by atoms with Gasteiger partial charge in [-0.3, -0.25) is 9.97 Å². The lowest BCUT2D eigenvalue weighted by Crippen LogP contribution is -2.47. The standard InChI is InChI=1S/C23H16FN7/c24-17-3-4-20(28-13-17)16-8-19(18-2-1-7-27-21(18)9-16)22-14-29-31(30-22)23(5-6-25)10-15(11-23)12-26/h1-4,7-9,13-15H,5,10-11H2/t15-,23-. The van der Waals surface area contributed by atoms with Crippen LogP contribution in [0.2, 0.25) is 0 Å². The Labute approximate surface area is 177 Å². The number of hydrogen-bond acceptors (Lipinski definition) is 6. The van der Waals surface area contributed by atoms with E-state index in [-0.39, 0.29) is 12.3 Å². The second kappa shape index (κ2) is 7.26. The molecule has 0 aliphatic heterocycles. The van der Waals surface area contributed by atoms with Crippen LogP contribution in [0.3, 0.4) is 0 Å². The van der Waals surface area contributed by atoms with Gasteiger partial charge in [0.15, 0.2) is 0 Å². The first-order valence-electron chi connectivity index (χ1n) is 9.82. The molecule has 0 amide bonds. The predicted molar refractivity (Wildman–Crippen MR) is 110 cm³/mol.